The number of rotatable bonds is 3. The summed E-state index contributed by atoms with van der Waals surface area (Å²) in [6.07, 6.45) is 4.60. The molecule has 2 rings (SSSR count). The molecular formula is C13H11FN2O. The molecule has 0 aliphatic carbocycles. The van der Waals surface area contributed by atoms with Gasteiger partial charge in [-0.15, -0.1) is 0 Å². The quantitative estimate of drug-likeness (QED) is 0.808. The average Bonchev–Trinajstić information content (AvgIpc) is 2.40. The molecule has 0 aliphatic rings. The second-order valence-electron chi connectivity index (χ2n) is 3.29. The van der Waals surface area contributed by atoms with Gasteiger partial charge in [0.2, 0.25) is 0 Å². The van der Waals surface area contributed by atoms with Gasteiger partial charge in [-0.2, -0.15) is 0 Å². The van der Waals surface area contributed by atoms with Gasteiger partial charge in [-0.3, -0.25) is 0 Å². The van der Waals surface area contributed by atoms with Crippen molar-refractivity contribution in [2.45, 2.75) is 6.92 Å². The number of aromatic nitrogens is 2. The summed E-state index contributed by atoms with van der Waals surface area (Å²) < 4.78 is 18.6. The van der Waals surface area contributed by atoms with E-state index in [9.17, 15) is 4.39 Å². The molecule has 0 N–H and O–H groups in total. The van der Waals surface area contributed by atoms with Crippen molar-refractivity contribution in [3.05, 3.63) is 54.4 Å². The standard InChI is InChI=1S/C13H11FN2O/c1-2-12(14)10-4-6-11(7-5-10)17-13-15-8-3-9-16-13/h2-9H,1H3/b12-2-. The van der Waals surface area contributed by atoms with Gasteiger partial charge in [0.15, 0.2) is 0 Å². The third-order valence-electron chi connectivity index (χ3n) is 2.13. The van der Waals surface area contributed by atoms with E-state index in [-0.39, 0.29) is 11.8 Å². The lowest BCUT2D eigenvalue weighted by atomic mass is 10.2. The van der Waals surface area contributed by atoms with Gasteiger partial charge >= 0.3 is 6.01 Å². The Kier molecular flexibility index (Phi) is 3.45. The van der Waals surface area contributed by atoms with Gasteiger partial charge in [-0.1, -0.05) is 6.08 Å². The normalized spacial score (nSPS) is 11.3. The number of benzene rings is 1. The first-order valence-corrected chi connectivity index (χ1v) is 5.16. The largest absolute Gasteiger partial charge is 0.424 e. The van der Waals surface area contributed by atoms with Crippen LogP contribution in [0, 0.1) is 0 Å². The second kappa shape index (κ2) is 5.21. The predicted molar refractivity (Wildman–Crippen MR) is 63.3 cm³/mol. The monoisotopic (exact) mass is 230 g/mol. The zero-order valence-corrected chi connectivity index (χ0v) is 9.30. The average molecular weight is 230 g/mol. The van der Waals surface area contributed by atoms with E-state index in [0.717, 1.165) is 0 Å². The summed E-state index contributed by atoms with van der Waals surface area (Å²) in [6.45, 7) is 1.65. The number of nitrogens with zero attached hydrogens (tertiary/aromatic N) is 2. The van der Waals surface area contributed by atoms with E-state index < -0.39 is 0 Å². The molecule has 0 atom stereocenters. The molecule has 0 saturated heterocycles. The molecule has 0 unspecified atom stereocenters. The van der Waals surface area contributed by atoms with Crippen LogP contribution in [0.1, 0.15) is 12.5 Å². The molecule has 0 spiro atoms. The molecule has 0 bridgehead atoms. The topological polar surface area (TPSA) is 35.0 Å². The maximum Gasteiger partial charge on any atom is 0.321 e. The molecule has 1 heterocycles. The maximum atomic E-state index is 13.2. The number of hydrogen-bond donors (Lipinski definition) is 0. The lowest BCUT2D eigenvalue weighted by Crippen LogP contribution is -1.90. The Bertz CT molecular complexity index is 509. The maximum absolute atomic E-state index is 13.2. The van der Waals surface area contributed by atoms with Crippen molar-refractivity contribution in [2.75, 3.05) is 0 Å². The molecule has 1 aromatic heterocycles. The van der Waals surface area contributed by atoms with Crippen LogP contribution in [0.15, 0.2) is 48.8 Å². The Hall–Kier alpha value is -2.23. The van der Waals surface area contributed by atoms with Crippen LogP contribution in [0.4, 0.5) is 4.39 Å². The highest BCUT2D eigenvalue weighted by atomic mass is 19.1. The van der Waals surface area contributed by atoms with E-state index >= 15 is 0 Å². The first-order chi connectivity index (χ1) is 8.29. The summed E-state index contributed by atoms with van der Waals surface area (Å²) in [5, 5.41) is 0. The molecule has 1 aromatic carbocycles. The van der Waals surface area contributed by atoms with Crippen molar-refractivity contribution in [2.24, 2.45) is 0 Å². The van der Waals surface area contributed by atoms with Crippen molar-refractivity contribution in [3.8, 4) is 11.8 Å². The van der Waals surface area contributed by atoms with E-state index in [2.05, 4.69) is 9.97 Å². The van der Waals surface area contributed by atoms with Crippen LogP contribution in [0.2, 0.25) is 0 Å². The van der Waals surface area contributed by atoms with Gasteiger partial charge in [0.1, 0.15) is 11.6 Å². The molecule has 17 heavy (non-hydrogen) atoms. The molecule has 3 nitrogen and oxygen atoms in total. The fourth-order valence-electron chi connectivity index (χ4n) is 1.29. The van der Waals surface area contributed by atoms with E-state index in [4.69, 9.17) is 4.74 Å². The Morgan fingerprint density at radius 3 is 2.41 bits per heavy atom. The third kappa shape index (κ3) is 2.87. The first kappa shape index (κ1) is 11.3. The van der Waals surface area contributed by atoms with Crippen LogP contribution in [-0.2, 0) is 0 Å². The molecular weight excluding hydrogens is 219 g/mol. The zero-order valence-electron chi connectivity index (χ0n) is 9.30. The lowest BCUT2D eigenvalue weighted by molar-refractivity contribution is 0.441. The molecule has 0 amide bonds. The molecule has 2 aromatic rings. The SMILES string of the molecule is C/C=C(\F)c1ccc(Oc2ncccn2)cc1. The van der Waals surface area contributed by atoms with Crippen LogP contribution < -0.4 is 4.74 Å². The molecule has 0 aliphatic heterocycles. The van der Waals surface area contributed by atoms with Crippen molar-refractivity contribution >= 4 is 5.83 Å². The number of allylic oxidation sites excluding steroid dienone is 1. The van der Waals surface area contributed by atoms with Gasteiger partial charge in [0.25, 0.3) is 0 Å². The van der Waals surface area contributed by atoms with E-state index in [0.29, 0.717) is 11.3 Å². The smallest absolute Gasteiger partial charge is 0.321 e. The number of hydrogen-bond acceptors (Lipinski definition) is 3. The third-order valence-corrected chi connectivity index (χ3v) is 2.13. The van der Waals surface area contributed by atoms with Crippen molar-refractivity contribution < 1.29 is 9.13 Å². The van der Waals surface area contributed by atoms with E-state index in [1.165, 1.54) is 6.08 Å². The summed E-state index contributed by atoms with van der Waals surface area (Å²) in [5.74, 6) is 0.316. The summed E-state index contributed by atoms with van der Waals surface area (Å²) in [4.78, 5) is 7.86. The summed E-state index contributed by atoms with van der Waals surface area (Å²) in [6, 6.07) is 8.62. The Morgan fingerprint density at radius 2 is 1.82 bits per heavy atom. The molecule has 0 saturated carbocycles. The molecule has 4 heteroatoms. The van der Waals surface area contributed by atoms with Crippen LogP contribution >= 0.6 is 0 Å². The van der Waals surface area contributed by atoms with Gasteiger partial charge < -0.3 is 4.74 Å². The van der Waals surface area contributed by atoms with Crippen LogP contribution in [-0.4, -0.2) is 9.97 Å². The number of ether oxygens (including phenoxy) is 1. The number of halogens is 1. The predicted octanol–water partition coefficient (Wildman–Crippen LogP) is 3.60. The minimum absolute atomic E-state index is 0.257. The Morgan fingerprint density at radius 1 is 1.18 bits per heavy atom. The van der Waals surface area contributed by atoms with Crippen molar-refractivity contribution in [1.29, 1.82) is 0 Å². The summed E-state index contributed by atoms with van der Waals surface area (Å²) in [5.41, 5.74) is 0.522. The Labute approximate surface area is 98.6 Å². The zero-order chi connectivity index (χ0) is 12.1. The highest BCUT2D eigenvalue weighted by Gasteiger charge is 2.01. The van der Waals surface area contributed by atoms with Crippen LogP contribution in [0.5, 0.6) is 11.8 Å². The molecule has 0 radical (unpaired) electrons. The highest BCUT2D eigenvalue weighted by Crippen LogP contribution is 2.21. The van der Waals surface area contributed by atoms with Crippen LogP contribution in [0.3, 0.4) is 0 Å². The van der Waals surface area contributed by atoms with E-state index in [1.54, 1.807) is 49.6 Å². The first-order valence-electron chi connectivity index (χ1n) is 5.16. The fraction of sp³-hybridized carbons (Fsp3) is 0.0769. The lowest BCUT2D eigenvalue weighted by Gasteiger charge is -2.03. The van der Waals surface area contributed by atoms with Gasteiger partial charge in [0.05, 0.1) is 0 Å². The van der Waals surface area contributed by atoms with Gasteiger partial charge in [-0.25, -0.2) is 14.4 Å². The summed E-state index contributed by atoms with van der Waals surface area (Å²) >= 11 is 0. The van der Waals surface area contributed by atoms with Crippen molar-refractivity contribution in [1.82, 2.24) is 9.97 Å². The summed E-state index contributed by atoms with van der Waals surface area (Å²) in [7, 11) is 0. The second-order valence-corrected chi connectivity index (χ2v) is 3.29. The fourth-order valence-corrected chi connectivity index (χ4v) is 1.29. The molecule has 0 fully saturated rings. The highest BCUT2D eigenvalue weighted by molar-refractivity contribution is 5.59. The van der Waals surface area contributed by atoms with Crippen LogP contribution in [0.25, 0.3) is 5.83 Å². The Balaban J connectivity index is 2.14. The van der Waals surface area contributed by atoms with Crippen molar-refractivity contribution in [3.63, 3.8) is 0 Å². The van der Waals surface area contributed by atoms with Gasteiger partial charge in [-0.05, 0) is 37.3 Å². The minimum Gasteiger partial charge on any atom is -0.424 e. The van der Waals surface area contributed by atoms with E-state index in [1.807, 2.05) is 0 Å². The molecule has 86 valence electrons. The minimum atomic E-state index is -0.257. The van der Waals surface area contributed by atoms with Gasteiger partial charge in [0, 0.05) is 18.0 Å².